The number of ketones is 2. The molecule has 0 aliphatic carbocycles. The number of methoxy groups -OCH3 is 1. The number of benzene rings is 1. The van der Waals surface area contributed by atoms with Gasteiger partial charge in [-0.05, 0) is 49.4 Å². The Bertz CT molecular complexity index is 919. The summed E-state index contributed by atoms with van der Waals surface area (Å²) in [5.74, 6) is -0.0277. The predicted molar refractivity (Wildman–Crippen MR) is 120 cm³/mol. The largest absolute Gasteiger partial charge is 0.493 e. The highest BCUT2D eigenvalue weighted by Gasteiger charge is 2.41. The van der Waals surface area contributed by atoms with Crippen molar-refractivity contribution in [1.29, 1.82) is 0 Å². The highest BCUT2D eigenvalue weighted by Crippen LogP contribution is 2.43. The molecule has 7 nitrogen and oxygen atoms in total. The molecule has 2 atom stereocenters. The van der Waals surface area contributed by atoms with Crippen molar-refractivity contribution in [3.63, 3.8) is 0 Å². The minimum atomic E-state index is -0.575. The first-order valence-corrected chi connectivity index (χ1v) is 11.3. The molecular formula is C25H33NO6. The fourth-order valence-electron chi connectivity index (χ4n) is 4.49. The zero-order chi connectivity index (χ0) is 23.4. The van der Waals surface area contributed by atoms with Gasteiger partial charge in [0.15, 0.2) is 11.6 Å². The Kier molecular flexibility index (Phi) is 7.72. The monoisotopic (exact) mass is 443 g/mol. The SMILES string of the molecule is CCOC(=O)C1=CN2C(CC1=O)c1cc(C(C)=O)c(OCCCOC)cc1CC2C(C)C. The van der Waals surface area contributed by atoms with Crippen LogP contribution in [0.25, 0.3) is 0 Å². The lowest BCUT2D eigenvalue weighted by Gasteiger charge is -2.46. The van der Waals surface area contributed by atoms with Crippen molar-refractivity contribution >= 4 is 17.5 Å². The summed E-state index contributed by atoms with van der Waals surface area (Å²) in [6, 6.07) is 3.71. The third-order valence-corrected chi connectivity index (χ3v) is 6.12. The second-order valence-corrected chi connectivity index (χ2v) is 8.67. The summed E-state index contributed by atoms with van der Waals surface area (Å²) in [6.07, 6.45) is 3.31. The summed E-state index contributed by atoms with van der Waals surface area (Å²) in [7, 11) is 1.64. The number of esters is 1. The summed E-state index contributed by atoms with van der Waals surface area (Å²) in [4.78, 5) is 39.7. The molecule has 0 aromatic heterocycles. The van der Waals surface area contributed by atoms with Gasteiger partial charge in [0.1, 0.15) is 11.3 Å². The lowest BCUT2D eigenvalue weighted by atomic mass is 9.79. The van der Waals surface area contributed by atoms with Crippen LogP contribution in [0.5, 0.6) is 5.75 Å². The van der Waals surface area contributed by atoms with Gasteiger partial charge in [-0.15, -0.1) is 0 Å². The lowest BCUT2D eigenvalue weighted by molar-refractivity contribution is -0.140. The first kappa shape index (κ1) is 24.0. The summed E-state index contributed by atoms with van der Waals surface area (Å²) in [6.45, 7) is 8.77. The summed E-state index contributed by atoms with van der Waals surface area (Å²) < 4.78 is 16.1. The third kappa shape index (κ3) is 4.88. The number of hydrogen-bond donors (Lipinski definition) is 0. The average Bonchev–Trinajstić information content (AvgIpc) is 2.75. The minimum absolute atomic E-state index is 0.0861. The molecule has 3 rings (SSSR count). The summed E-state index contributed by atoms with van der Waals surface area (Å²) in [5, 5.41) is 0. The van der Waals surface area contributed by atoms with Gasteiger partial charge in [0.05, 0.1) is 24.8 Å². The van der Waals surface area contributed by atoms with Crippen LogP contribution in [0.2, 0.25) is 0 Å². The number of Topliss-reactive ketones (excluding diaryl/α,β-unsaturated/α-hetero) is 2. The van der Waals surface area contributed by atoms with Crippen LogP contribution in [-0.4, -0.2) is 55.4 Å². The number of ether oxygens (including phenoxy) is 3. The molecule has 1 aromatic rings. The van der Waals surface area contributed by atoms with E-state index in [1.165, 1.54) is 6.92 Å². The molecule has 32 heavy (non-hydrogen) atoms. The van der Waals surface area contributed by atoms with Crippen LogP contribution in [0, 0.1) is 5.92 Å². The van der Waals surface area contributed by atoms with Gasteiger partial charge in [-0.25, -0.2) is 4.79 Å². The van der Waals surface area contributed by atoms with E-state index in [0.29, 0.717) is 24.5 Å². The van der Waals surface area contributed by atoms with E-state index in [0.717, 1.165) is 24.0 Å². The maximum Gasteiger partial charge on any atom is 0.343 e. The standard InChI is InChI=1S/C25H33NO6/c1-6-31-25(29)20-14-26-21(15(2)3)10-17-11-24(32-9-7-8-30-5)18(16(4)27)12-19(17)22(26)13-23(20)28/h11-12,14-15,21-22H,6-10,13H2,1-5H3. The molecule has 0 spiro atoms. The lowest BCUT2D eigenvalue weighted by Crippen LogP contribution is -2.47. The molecule has 2 unspecified atom stereocenters. The van der Waals surface area contributed by atoms with Crippen molar-refractivity contribution < 1.29 is 28.6 Å². The molecular weight excluding hydrogens is 410 g/mol. The van der Waals surface area contributed by atoms with E-state index in [1.807, 2.05) is 12.1 Å². The quantitative estimate of drug-likeness (QED) is 0.249. The van der Waals surface area contributed by atoms with Gasteiger partial charge < -0.3 is 19.1 Å². The molecule has 2 heterocycles. The van der Waals surface area contributed by atoms with Crippen LogP contribution >= 0.6 is 0 Å². The molecule has 2 aliphatic rings. The molecule has 1 aromatic carbocycles. The zero-order valence-corrected chi connectivity index (χ0v) is 19.6. The van der Waals surface area contributed by atoms with Gasteiger partial charge in [0.25, 0.3) is 0 Å². The van der Waals surface area contributed by atoms with Crippen LogP contribution in [-0.2, 0) is 25.5 Å². The first-order chi connectivity index (χ1) is 15.3. The predicted octanol–water partition coefficient (Wildman–Crippen LogP) is 3.65. The van der Waals surface area contributed by atoms with Gasteiger partial charge in [0.2, 0.25) is 0 Å². The van der Waals surface area contributed by atoms with E-state index in [-0.39, 0.29) is 48.2 Å². The molecule has 2 aliphatic heterocycles. The van der Waals surface area contributed by atoms with Crippen molar-refractivity contribution in [3.8, 4) is 5.75 Å². The molecule has 174 valence electrons. The zero-order valence-electron chi connectivity index (χ0n) is 19.6. The van der Waals surface area contributed by atoms with Gasteiger partial charge in [-0.2, -0.15) is 0 Å². The highest BCUT2D eigenvalue weighted by molar-refractivity contribution is 6.17. The van der Waals surface area contributed by atoms with E-state index in [2.05, 4.69) is 18.7 Å². The van der Waals surface area contributed by atoms with Crippen LogP contribution in [0.3, 0.4) is 0 Å². The Labute approximate surface area is 189 Å². The van der Waals surface area contributed by atoms with Crippen LogP contribution < -0.4 is 4.74 Å². The Morgan fingerprint density at radius 1 is 1.19 bits per heavy atom. The van der Waals surface area contributed by atoms with E-state index >= 15 is 0 Å². The van der Waals surface area contributed by atoms with Crippen LogP contribution in [0.1, 0.15) is 68.1 Å². The van der Waals surface area contributed by atoms with Crippen LogP contribution in [0.4, 0.5) is 0 Å². The molecule has 0 radical (unpaired) electrons. The maximum atomic E-state index is 12.8. The average molecular weight is 444 g/mol. The number of nitrogens with zero attached hydrogens (tertiary/aromatic N) is 1. The molecule has 0 saturated heterocycles. The van der Waals surface area contributed by atoms with Crippen molar-refractivity contribution in [1.82, 2.24) is 4.90 Å². The Balaban J connectivity index is 2.02. The van der Waals surface area contributed by atoms with Crippen molar-refractivity contribution in [2.75, 3.05) is 26.9 Å². The number of rotatable bonds is 9. The normalized spacial score (nSPS) is 19.9. The maximum absolute atomic E-state index is 12.8. The molecule has 7 heteroatoms. The second kappa shape index (κ2) is 10.3. The van der Waals surface area contributed by atoms with Gasteiger partial charge in [-0.3, -0.25) is 9.59 Å². The summed E-state index contributed by atoms with van der Waals surface area (Å²) in [5.41, 5.74) is 2.64. The highest BCUT2D eigenvalue weighted by atomic mass is 16.5. The fraction of sp³-hybridized carbons (Fsp3) is 0.560. The third-order valence-electron chi connectivity index (χ3n) is 6.12. The number of fused-ring (bicyclic) bond motifs is 3. The Hall–Kier alpha value is -2.67. The first-order valence-electron chi connectivity index (χ1n) is 11.3. The Morgan fingerprint density at radius 3 is 2.56 bits per heavy atom. The van der Waals surface area contributed by atoms with Crippen LogP contribution in [0.15, 0.2) is 23.9 Å². The Morgan fingerprint density at radius 2 is 1.94 bits per heavy atom. The molecule has 0 saturated carbocycles. The second-order valence-electron chi connectivity index (χ2n) is 8.67. The molecule has 0 N–H and O–H groups in total. The van der Waals surface area contributed by atoms with Crippen molar-refractivity contribution in [2.45, 2.75) is 59.0 Å². The molecule has 0 bridgehead atoms. The number of carbonyl (C=O) groups excluding carboxylic acids is 3. The van der Waals surface area contributed by atoms with Crippen molar-refractivity contribution in [2.24, 2.45) is 5.92 Å². The van der Waals surface area contributed by atoms with Gasteiger partial charge >= 0.3 is 5.97 Å². The number of carbonyl (C=O) groups is 3. The smallest absolute Gasteiger partial charge is 0.343 e. The van der Waals surface area contributed by atoms with Crippen molar-refractivity contribution in [3.05, 3.63) is 40.6 Å². The van der Waals surface area contributed by atoms with E-state index < -0.39 is 5.97 Å². The van der Waals surface area contributed by atoms with E-state index in [1.54, 1.807) is 20.2 Å². The van der Waals surface area contributed by atoms with E-state index in [9.17, 15) is 14.4 Å². The van der Waals surface area contributed by atoms with Gasteiger partial charge in [0, 0.05) is 38.8 Å². The van der Waals surface area contributed by atoms with E-state index in [4.69, 9.17) is 14.2 Å². The number of hydrogen-bond acceptors (Lipinski definition) is 7. The summed E-state index contributed by atoms with van der Waals surface area (Å²) >= 11 is 0. The molecule has 0 fully saturated rings. The minimum Gasteiger partial charge on any atom is -0.493 e. The fourth-order valence-corrected chi connectivity index (χ4v) is 4.49. The topological polar surface area (TPSA) is 82.1 Å². The van der Waals surface area contributed by atoms with Gasteiger partial charge in [-0.1, -0.05) is 13.8 Å². The molecule has 0 amide bonds.